The first-order valence-corrected chi connectivity index (χ1v) is 12.9. The minimum absolute atomic E-state index is 0.0682. The third-order valence-corrected chi connectivity index (χ3v) is 7.73. The summed E-state index contributed by atoms with van der Waals surface area (Å²) in [5.41, 5.74) is 5.53. The molecule has 0 bridgehead atoms. The van der Waals surface area contributed by atoms with Crippen LogP contribution < -0.4 is 10.1 Å². The molecule has 1 saturated carbocycles. The van der Waals surface area contributed by atoms with E-state index in [-0.39, 0.29) is 17.2 Å². The van der Waals surface area contributed by atoms with Crippen molar-refractivity contribution < 1.29 is 9.53 Å². The smallest absolute Gasteiger partial charge is 0.252 e. The normalized spacial score (nSPS) is 19.5. The van der Waals surface area contributed by atoms with Gasteiger partial charge in [0.2, 0.25) is 0 Å². The second-order valence-corrected chi connectivity index (χ2v) is 10.8. The first kappa shape index (κ1) is 23.8. The number of hydrogen-bond donors (Lipinski definition) is 1. The average molecular weight is 483 g/mol. The number of aryl methyl sites for hydroxylation is 1. The summed E-state index contributed by atoms with van der Waals surface area (Å²) < 4.78 is 6.15. The Hall–Kier alpha value is -2.96. The van der Waals surface area contributed by atoms with Crippen molar-refractivity contribution in [3.05, 3.63) is 76.5 Å². The highest BCUT2D eigenvalue weighted by molar-refractivity contribution is 6.11. The van der Waals surface area contributed by atoms with Crippen LogP contribution in [0.25, 0.3) is 17.0 Å². The molecule has 1 N–H and O–H groups in total. The highest BCUT2D eigenvalue weighted by atomic mass is 28.1. The van der Waals surface area contributed by atoms with Gasteiger partial charge < -0.3 is 15.0 Å². The van der Waals surface area contributed by atoms with Crippen LogP contribution in [0.4, 0.5) is 0 Å². The maximum atomic E-state index is 13.6. The highest BCUT2D eigenvalue weighted by Gasteiger charge is 2.47. The quantitative estimate of drug-likeness (QED) is 0.484. The van der Waals surface area contributed by atoms with E-state index in [1.165, 1.54) is 5.57 Å². The molecule has 0 spiro atoms. The third kappa shape index (κ3) is 4.77. The average Bonchev–Trinajstić information content (AvgIpc) is 3.58. The van der Waals surface area contributed by atoms with E-state index in [2.05, 4.69) is 70.6 Å². The summed E-state index contributed by atoms with van der Waals surface area (Å²) in [5, 5.41) is 4.48. The molecule has 1 unspecified atom stereocenters. The van der Waals surface area contributed by atoms with Crippen LogP contribution in [-0.4, -0.2) is 51.4 Å². The van der Waals surface area contributed by atoms with Gasteiger partial charge in [-0.15, -0.1) is 0 Å². The molecular weight excluding hydrogens is 450 g/mol. The van der Waals surface area contributed by atoms with Crippen molar-refractivity contribution in [2.24, 2.45) is 0 Å². The zero-order chi connectivity index (χ0) is 24.7. The molecule has 1 saturated heterocycles. The maximum absolute atomic E-state index is 13.6. The molecule has 3 radical (unpaired) electrons. The molecule has 1 aliphatic carbocycles. The van der Waals surface area contributed by atoms with Gasteiger partial charge in [-0.1, -0.05) is 23.8 Å². The summed E-state index contributed by atoms with van der Waals surface area (Å²) in [4.78, 5) is 20.4. The molecule has 1 aromatic heterocycles. The molecule has 35 heavy (non-hydrogen) atoms. The van der Waals surface area contributed by atoms with Crippen LogP contribution in [-0.2, 0) is 5.54 Å². The topological polar surface area (TPSA) is 54.5 Å². The number of amides is 1. The number of rotatable bonds is 7. The molecule has 3 aromatic rings. The zero-order valence-electron chi connectivity index (χ0n) is 20.9. The third-order valence-electron chi connectivity index (χ3n) is 7.23. The molecule has 6 heteroatoms. The van der Waals surface area contributed by atoms with Crippen molar-refractivity contribution in [3.63, 3.8) is 0 Å². The van der Waals surface area contributed by atoms with Gasteiger partial charge in [-0.25, -0.2) is 0 Å². The molecule has 5 nitrogen and oxygen atoms in total. The number of benzene rings is 2. The Bertz CT molecular complexity index is 1310. The lowest BCUT2D eigenvalue weighted by molar-refractivity contribution is 0.0562. The van der Waals surface area contributed by atoms with Crippen LogP contribution in [0.5, 0.6) is 5.75 Å². The minimum atomic E-state index is -0.376. The van der Waals surface area contributed by atoms with E-state index in [1.807, 2.05) is 37.4 Å². The van der Waals surface area contributed by atoms with Crippen LogP contribution in [0, 0.1) is 6.92 Å². The number of allylic oxidation sites excluding steroid dienone is 1. The fourth-order valence-corrected chi connectivity index (χ4v) is 5.51. The Labute approximate surface area is 211 Å². The van der Waals surface area contributed by atoms with E-state index in [1.54, 1.807) is 0 Å². The zero-order valence-corrected chi connectivity index (χ0v) is 21.9. The number of carbonyl (C=O) groups excluding carboxylic acids is 1. The number of likely N-dealkylation sites (N-methyl/N-ethyl adjacent to an activating group) is 1. The Morgan fingerprint density at radius 3 is 2.71 bits per heavy atom. The summed E-state index contributed by atoms with van der Waals surface area (Å²) in [6.45, 7) is 7.24. The number of nitrogens with one attached hydrogen (secondary N) is 1. The maximum Gasteiger partial charge on any atom is 0.252 e. The predicted octanol–water partition coefficient (Wildman–Crippen LogP) is 4.96. The SMILES string of the molecule is CC(C)=Cc1cc(C2(NC(=O)c3cc(OC([Si])[C@@H]4CCN4C)ccc3C)CC2)c2cccnc2c1. The number of fused-ring (bicyclic) bond motifs is 1. The number of carbonyl (C=O) groups is 1. The van der Waals surface area contributed by atoms with E-state index < -0.39 is 0 Å². The largest absolute Gasteiger partial charge is 0.493 e. The molecule has 179 valence electrons. The summed E-state index contributed by atoms with van der Waals surface area (Å²) in [6.07, 6.45) is 6.91. The van der Waals surface area contributed by atoms with E-state index >= 15 is 0 Å². The molecule has 2 fully saturated rings. The van der Waals surface area contributed by atoms with Gasteiger partial charge in [-0.05, 0) is 101 Å². The lowest BCUT2D eigenvalue weighted by atomic mass is 9.95. The summed E-state index contributed by atoms with van der Waals surface area (Å²) >= 11 is 0. The van der Waals surface area contributed by atoms with Crippen LogP contribution in [0.3, 0.4) is 0 Å². The van der Waals surface area contributed by atoms with E-state index in [9.17, 15) is 4.79 Å². The number of nitrogens with zero attached hydrogens (tertiary/aromatic N) is 2. The van der Waals surface area contributed by atoms with Gasteiger partial charge in [0.05, 0.1) is 27.0 Å². The monoisotopic (exact) mass is 482 g/mol. The Balaban J connectivity index is 1.43. The van der Waals surface area contributed by atoms with Crippen molar-refractivity contribution in [3.8, 4) is 5.75 Å². The first-order valence-electron chi connectivity index (χ1n) is 12.3. The van der Waals surface area contributed by atoms with Crippen LogP contribution in [0.1, 0.15) is 60.2 Å². The number of ether oxygens (including phenoxy) is 1. The number of hydrogen-bond acceptors (Lipinski definition) is 4. The van der Waals surface area contributed by atoms with E-state index in [0.717, 1.165) is 53.4 Å². The summed E-state index contributed by atoms with van der Waals surface area (Å²) in [7, 11) is 5.83. The number of aromatic nitrogens is 1. The second-order valence-electron chi connectivity index (χ2n) is 10.2. The minimum Gasteiger partial charge on any atom is -0.493 e. The molecule has 2 aliphatic rings. The molecular formula is C29H32N3O2Si. The fourth-order valence-electron chi connectivity index (χ4n) is 4.95. The van der Waals surface area contributed by atoms with E-state index in [4.69, 9.17) is 4.74 Å². The van der Waals surface area contributed by atoms with Crippen molar-refractivity contribution in [2.45, 2.75) is 57.3 Å². The van der Waals surface area contributed by atoms with Gasteiger partial charge in [-0.2, -0.15) is 0 Å². The van der Waals surface area contributed by atoms with Crippen molar-refractivity contribution in [1.82, 2.24) is 15.2 Å². The van der Waals surface area contributed by atoms with Crippen LogP contribution in [0.15, 0.2) is 54.2 Å². The molecule has 2 atom stereocenters. The van der Waals surface area contributed by atoms with Crippen molar-refractivity contribution in [2.75, 3.05) is 13.6 Å². The van der Waals surface area contributed by atoms with Crippen LogP contribution >= 0.6 is 0 Å². The van der Waals surface area contributed by atoms with Crippen LogP contribution in [0.2, 0.25) is 0 Å². The second kappa shape index (κ2) is 9.24. The van der Waals surface area contributed by atoms with E-state index in [0.29, 0.717) is 17.4 Å². The molecule has 5 rings (SSSR count). The Kier molecular flexibility index (Phi) is 6.28. The van der Waals surface area contributed by atoms with Gasteiger partial charge in [0.1, 0.15) is 5.75 Å². The van der Waals surface area contributed by atoms with Gasteiger partial charge in [0.15, 0.2) is 0 Å². The number of likely N-dealkylation sites (tertiary alicyclic amines) is 1. The predicted molar refractivity (Wildman–Crippen MR) is 142 cm³/mol. The van der Waals surface area contributed by atoms with Gasteiger partial charge in [0, 0.05) is 23.2 Å². The van der Waals surface area contributed by atoms with Crippen molar-refractivity contribution in [1.29, 1.82) is 0 Å². The Morgan fingerprint density at radius 1 is 1.26 bits per heavy atom. The first-order chi connectivity index (χ1) is 16.8. The standard InChI is InChI=1S/C29H32N3O2Si/c1-18(2)14-20-15-24(22-6-5-12-30-25(22)16-20)29(10-11-29)31-27(33)23-17-21(8-7-19(23)3)34-28(35)26-9-13-32(26)4/h5-8,12,14-17,26,28H,9-11,13H2,1-4H3,(H,31,33)/t26-,28?/m0/s1. The Morgan fingerprint density at radius 2 is 2.06 bits per heavy atom. The van der Waals surface area contributed by atoms with Crippen molar-refractivity contribution >= 4 is 33.1 Å². The lowest BCUT2D eigenvalue weighted by Crippen LogP contribution is -2.53. The van der Waals surface area contributed by atoms with Gasteiger partial charge in [-0.3, -0.25) is 9.78 Å². The molecule has 2 aromatic carbocycles. The fraction of sp³-hybridized carbons (Fsp3) is 0.379. The molecule has 1 aliphatic heterocycles. The van der Waals surface area contributed by atoms with Gasteiger partial charge >= 0.3 is 0 Å². The highest BCUT2D eigenvalue weighted by Crippen LogP contribution is 2.48. The molecule has 2 heterocycles. The number of pyridine rings is 1. The summed E-state index contributed by atoms with van der Waals surface area (Å²) in [6, 6.07) is 14.5. The molecule has 1 amide bonds. The lowest BCUT2D eigenvalue weighted by Gasteiger charge is -2.41. The van der Waals surface area contributed by atoms with Gasteiger partial charge in [0.25, 0.3) is 5.91 Å². The summed E-state index contributed by atoms with van der Waals surface area (Å²) in [5.74, 6) is 0.632.